The van der Waals surface area contributed by atoms with Crippen LogP contribution in [0, 0.1) is 6.92 Å². The standard InChI is InChI=1S/C17H17BrN2O3/c1-10-12(5-6-13-14(10)9-23-17(13)22)15(21)8-19-7-11-3-2-4-16(18)20-11/h2-6,15,19,21H,7-9H2,1H3. The molecule has 6 heteroatoms. The summed E-state index contributed by atoms with van der Waals surface area (Å²) in [5, 5.41) is 13.6. The number of nitrogens with zero attached hydrogens (tertiary/aromatic N) is 1. The number of fused-ring (bicyclic) bond motifs is 1. The van der Waals surface area contributed by atoms with Crippen LogP contribution < -0.4 is 5.32 Å². The van der Waals surface area contributed by atoms with Crippen LogP contribution in [0.25, 0.3) is 0 Å². The molecular formula is C17H17BrN2O3. The molecule has 0 bridgehead atoms. The van der Waals surface area contributed by atoms with Gasteiger partial charge in [0.2, 0.25) is 0 Å². The fraction of sp³-hybridized carbons (Fsp3) is 0.294. The molecular weight excluding hydrogens is 360 g/mol. The molecule has 3 rings (SSSR count). The van der Waals surface area contributed by atoms with E-state index in [4.69, 9.17) is 4.74 Å². The van der Waals surface area contributed by atoms with Gasteiger partial charge in [0.1, 0.15) is 11.2 Å². The van der Waals surface area contributed by atoms with E-state index in [1.807, 2.05) is 25.1 Å². The highest BCUT2D eigenvalue weighted by atomic mass is 79.9. The topological polar surface area (TPSA) is 71.4 Å². The smallest absolute Gasteiger partial charge is 0.338 e. The zero-order chi connectivity index (χ0) is 16.4. The Morgan fingerprint density at radius 2 is 2.22 bits per heavy atom. The SMILES string of the molecule is Cc1c(C(O)CNCc2cccc(Br)n2)ccc2c1COC2=O. The summed E-state index contributed by atoms with van der Waals surface area (Å²) in [5.74, 6) is -0.289. The van der Waals surface area contributed by atoms with Crippen molar-refractivity contribution in [3.05, 3.63) is 62.9 Å². The first-order chi connectivity index (χ1) is 11.1. The molecule has 23 heavy (non-hydrogen) atoms. The molecule has 0 spiro atoms. The number of aliphatic hydroxyl groups excluding tert-OH is 1. The van der Waals surface area contributed by atoms with Crippen LogP contribution in [-0.4, -0.2) is 22.6 Å². The highest BCUT2D eigenvalue weighted by molar-refractivity contribution is 9.10. The molecule has 0 saturated heterocycles. The van der Waals surface area contributed by atoms with Crippen LogP contribution in [0.2, 0.25) is 0 Å². The number of rotatable bonds is 5. The first kappa shape index (κ1) is 16.1. The Morgan fingerprint density at radius 1 is 1.39 bits per heavy atom. The minimum absolute atomic E-state index is 0.288. The minimum atomic E-state index is -0.650. The third kappa shape index (κ3) is 3.44. The Hall–Kier alpha value is -1.76. The van der Waals surface area contributed by atoms with Gasteiger partial charge in [-0.2, -0.15) is 0 Å². The molecule has 1 unspecified atom stereocenters. The molecule has 0 amide bonds. The number of carbonyl (C=O) groups is 1. The van der Waals surface area contributed by atoms with Crippen LogP contribution in [-0.2, 0) is 17.9 Å². The Balaban J connectivity index is 1.65. The average Bonchev–Trinajstić information content (AvgIpc) is 2.90. The Morgan fingerprint density at radius 3 is 3.00 bits per heavy atom. The van der Waals surface area contributed by atoms with Gasteiger partial charge in [-0.3, -0.25) is 0 Å². The second kappa shape index (κ2) is 6.78. The van der Waals surface area contributed by atoms with Crippen molar-refractivity contribution in [2.75, 3.05) is 6.54 Å². The maximum Gasteiger partial charge on any atom is 0.338 e. The molecule has 120 valence electrons. The van der Waals surface area contributed by atoms with Crippen LogP contribution in [0.3, 0.4) is 0 Å². The molecule has 0 aliphatic carbocycles. The maximum absolute atomic E-state index is 11.5. The van der Waals surface area contributed by atoms with Gasteiger partial charge in [-0.25, -0.2) is 9.78 Å². The number of benzene rings is 1. The summed E-state index contributed by atoms with van der Waals surface area (Å²) in [6.45, 7) is 3.18. The first-order valence-electron chi connectivity index (χ1n) is 7.36. The fourth-order valence-corrected chi connectivity index (χ4v) is 3.10. The van der Waals surface area contributed by atoms with E-state index < -0.39 is 6.10 Å². The molecule has 5 nitrogen and oxygen atoms in total. The molecule has 2 heterocycles. The molecule has 0 radical (unpaired) electrons. The van der Waals surface area contributed by atoms with Crippen molar-refractivity contribution in [2.45, 2.75) is 26.2 Å². The van der Waals surface area contributed by atoms with Crippen molar-refractivity contribution in [1.29, 1.82) is 0 Å². The van der Waals surface area contributed by atoms with Gasteiger partial charge in [-0.05, 0) is 52.2 Å². The van der Waals surface area contributed by atoms with Gasteiger partial charge in [0.05, 0.1) is 17.4 Å². The lowest BCUT2D eigenvalue weighted by molar-refractivity contribution is 0.0535. The van der Waals surface area contributed by atoms with Gasteiger partial charge in [-0.15, -0.1) is 0 Å². The number of hydrogen-bond acceptors (Lipinski definition) is 5. The van der Waals surface area contributed by atoms with Crippen LogP contribution in [0.5, 0.6) is 0 Å². The summed E-state index contributed by atoms with van der Waals surface area (Å²) in [6, 6.07) is 9.24. The number of halogens is 1. The van der Waals surface area contributed by atoms with E-state index in [0.29, 0.717) is 18.7 Å². The normalized spacial score (nSPS) is 14.5. The Kier molecular flexibility index (Phi) is 4.75. The molecule has 1 aliphatic rings. The summed E-state index contributed by atoms with van der Waals surface area (Å²) in [7, 11) is 0. The number of carbonyl (C=O) groups excluding carboxylic acids is 1. The van der Waals surface area contributed by atoms with E-state index in [1.165, 1.54) is 0 Å². The van der Waals surface area contributed by atoms with Crippen molar-refractivity contribution < 1.29 is 14.6 Å². The summed E-state index contributed by atoms with van der Waals surface area (Å²) in [6.07, 6.45) is -0.650. The van der Waals surface area contributed by atoms with Crippen molar-refractivity contribution in [3.8, 4) is 0 Å². The van der Waals surface area contributed by atoms with E-state index in [9.17, 15) is 9.90 Å². The molecule has 2 aromatic rings. The van der Waals surface area contributed by atoms with Crippen molar-refractivity contribution in [1.82, 2.24) is 10.3 Å². The van der Waals surface area contributed by atoms with Crippen LogP contribution in [0.15, 0.2) is 34.9 Å². The predicted octanol–water partition coefficient (Wildman–Crippen LogP) is 2.65. The lowest BCUT2D eigenvalue weighted by Gasteiger charge is -2.16. The highest BCUT2D eigenvalue weighted by Crippen LogP contribution is 2.28. The number of hydrogen-bond donors (Lipinski definition) is 2. The van der Waals surface area contributed by atoms with Crippen LogP contribution in [0.4, 0.5) is 0 Å². The van der Waals surface area contributed by atoms with Gasteiger partial charge in [0.15, 0.2) is 0 Å². The highest BCUT2D eigenvalue weighted by Gasteiger charge is 2.25. The molecule has 1 aliphatic heterocycles. The van der Waals surface area contributed by atoms with E-state index in [2.05, 4.69) is 26.2 Å². The van der Waals surface area contributed by atoms with Gasteiger partial charge in [0, 0.05) is 18.7 Å². The second-order valence-corrected chi connectivity index (χ2v) is 6.29. The van der Waals surface area contributed by atoms with Gasteiger partial charge < -0.3 is 15.2 Å². The number of pyridine rings is 1. The fourth-order valence-electron chi connectivity index (χ4n) is 2.72. The lowest BCUT2D eigenvalue weighted by Crippen LogP contribution is -2.22. The minimum Gasteiger partial charge on any atom is -0.457 e. The number of cyclic esters (lactones) is 1. The first-order valence-corrected chi connectivity index (χ1v) is 8.15. The number of ether oxygens (including phenoxy) is 1. The summed E-state index contributed by atoms with van der Waals surface area (Å²) in [5.41, 5.74) is 4.11. The average molecular weight is 377 g/mol. The summed E-state index contributed by atoms with van der Waals surface area (Å²) < 4.78 is 5.83. The van der Waals surface area contributed by atoms with Crippen molar-refractivity contribution in [2.24, 2.45) is 0 Å². The molecule has 0 fully saturated rings. The molecule has 2 N–H and O–H groups in total. The third-order valence-corrected chi connectivity index (χ3v) is 4.43. The van der Waals surface area contributed by atoms with Crippen LogP contribution >= 0.6 is 15.9 Å². The molecule has 0 saturated carbocycles. The molecule has 1 atom stereocenters. The van der Waals surface area contributed by atoms with E-state index >= 15 is 0 Å². The summed E-state index contributed by atoms with van der Waals surface area (Å²) in [4.78, 5) is 15.9. The Bertz CT molecular complexity index is 749. The van der Waals surface area contributed by atoms with Crippen molar-refractivity contribution in [3.63, 3.8) is 0 Å². The quantitative estimate of drug-likeness (QED) is 0.619. The van der Waals surface area contributed by atoms with Crippen molar-refractivity contribution >= 4 is 21.9 Å². The molecule has 1 aromatic heterocycles. The lowest BCUT2D eigenvalue weighted by atomic mass is 9.95. The van der Waals surface area contributed by atoms with E-state index in [1.54, 1.807) is 12.1 Å². The van der Waals surface area contributed by atoms with Gasteiger partial charge >= 0.3 is 5.97 Å². The molecule has 1 aromatic carbocycles. The van der Waals surface area contributed by atoms with Gasteiger partial charge in [-0.1, -0.05) is 12.1 Å². The largest absolute Gasteiger partial charge is 0.457 e. The number of esters is 1. The predicted molar refractivity (Wildman–Crippen MR) is 88.9 cm³/mol. The third-order valence-electron chi connectivity index (χ3n) is 3.98. The van der Waals surface area contributed by atoms with Gasteiger partial charge in [0.25, 0.3) is 0 Å². The Labute approximate surface area is 142 Å². The zero-order valence-corrected chi connectivity index (χ0v) is 14.3. The monoisotopic (exact) mass is 376 g/mol. The van der Waals surface area contributed by atoms with Crippen LogP contribution in [0.1, 0.15) is 38.8 Å². The second-order valence-electron chi connectivity index (χ2n) is 5.48. The number of aromatic nitrogens is 1. The maximum atomic E-state index is 11.5. The van der Waals surface area contributed by atoms with E-state index in [-0.39, 0.29) is 12.6 Å². The zero-order valence-electron chi connectivity index (χ0n) is 12.7. The number of nitrogens with one attached hydrogen (secondary N) is 1. The number of aliphatic hydroxyl groups is 1. The summed E-state index contributed by atoms with van der Waals surface area (Å²) >= 11 is 3.33. The van der Waals surface area contributed by atoms with E-state index in [0.717, 1.165) is 27.0 Å².